The fourth-order valence-electron chi connectivity index (χ4n) is 2.73. The van der Waals surface area contributed by atoms with E-state index in [1.165, 1.54) is 6.07 Å². The van der Waals surface area contributed by atoms with Gasteiger partial charge in [0.05, 0.1) is 24.2 Å². The second-order valence-corrected chi connectivity index (χ2v) is 7.56. The lowest BCUT2D eigenvalue weighted by Crippen LogP contribution is -2.56. The fourth-order valence-corrected chi connectivity index (χ4v) is 2.98. The molecule has 1 saturated heterocycles. The van der Waals surface area contributed by atoms with Gasteiger partial charge in [0.2, 0.25) is 0 Å². The lowest BCUT2D eigenvalue weighted by molar-refractivity contribution is -0.00834. The summed E-state index contributed by atoms with van der Waals surface area (Å²) in [5.41, 5.74) is 0.842. The van der Waals surface area contributed by atoms with E-state index in [0.29, 0.717) is 11.0 Å². The number of nitrogens with one attached hydrogen (secondary N) is 2. The van der Waals surface area contributed by atoms with E-state index in [4.69, 9.17) is 4.74 Å². The molecule has 140 valence electrons. The Balaban J connectivity index is 1.95. The molecule has 2 N–H and O–H groups in total. The van der Waals surface area contributed by atoms with Crippen molar-refractivity contribution in [3.05, 3.63) is 34.1 Å². The number of aliphatic imine (C=N–C) groups is 1. The first-order valence-electron chi connectivity index (χ1n) is 8.71. The van der Waals surface area contributed by atoms with Crippen LogP contribution in [0, 0.1) is 5.82 Å². The summed E-state index contributed by atoms with van der Waals surface area (Å²) in [4.78, 5) is 7.00. The van der Waals surface area contributed by atoms with Crippen molar-refractivity contribution in [1.82, 2.24) is 15.5 Å². The van der Waals surface area contributed by atoms with E-state index in [0.717, 1.165) is 50.9 Å². The molecule has 0 saturated carbocycles. The average molecular weight is 415 g/mol. The normalized spacial score (nSPS) is 16.8. The van der Waals surface area contributed by atoms with Crippen molar-refractivity contribution in [3.63, 3.8) is 0 Å². The lowest BCUT2D eigenvalue weighted by atomic mass is 10.0. The number of rotatable bonds is 6. The van der Waals surface area contributed by atoms with Crippen LogP contribution in [-0.2, 0) is 11.3 Å². The summed E-state index contributed by atoms with van der Waals surface area (Å²) in [6.45, 7) is 11.9. The Kier molecular flexibility index (Phi) is 7.65. The van der Waals surface area contributed by atoms with E-state index < -0.39 is 0 Å². The third-order valence-corrected chi connectivity index (χ3v) is 4.95. The molecular formula is C18H28BrFN4O. The smallest absolute Gasteiger partial charge is 0.191 e. The molecule has 7 heteroatoms. The molecule has 1 aromatic rings. The number of nitrogens with zero attached hydrogens (tertiary/aromatic N) is 2. The van der Waals surface area contributed by atoms with Crippen LogP contribution in [0.25, 0.3) is 0 Å². The molecule has 0 unspecified atom stereocenters. The number of halogens is 2. The van der Waals surface area contributed by atoms with E-state index in [-0.39, 0.29) is 11.4 Å². The quantitative estimate of drug-likeness (QED) is 0.554. The van der Waals surface area contributed by atoms with Crippen LogP contribution in [0.2, 0.25) is 0 Å². The molecule has 0 spiro atoms. The van der Waals surface area contributed by atoms with Crippen LogP contribution in [0.1, 0.15) is 26.3 Å². The molecule has 0 aliphatic carbocycles. The van der Waals surface area contributed by atoms with E-state index in [1.54, 1.807) is 6.07 Å². The summed E-state index contributed by atoms with van der Waals surface area (Å²) in [5.74, 6) is 0.478. The highest BCUT2D eigenvalue weighted by Gasteiger charge is 2.28. The fraction of sp³-hybridized carbons (Fsp3) is 0.611. The monoisotopic (exact) mass is 414 g/mol. The second kappa shape index (κ2) is 9.50. The van der Waals surface area contributed by atoms with Crippen LogP contribution in [0.5, 0.6) is 0 Å². The first-order valence-corrected chi connectivity index (χ1v) is 9.50. The summed E-state index contributed by atoms with van der Waals surface area (Å²) < 4.78 is 19.5. The highest BCUT2D eigenvalue weighted by molar-refractivity contribution is 9.10. The minimum Gasteiger partial charge on any atom is -0.379 e. The third-order valence-electron chi connectivity index (χ3n) is 4.30. The van der Waals surface area contributed by atoms with Crippen molar-refractivity contribution < 1.29 is 9.13 Å². The number of ether oxygens (including phenoxy) is 1. The maximum atomic E-state index is 13.6. The van der Waals surface area contributed by atoms with Gasteiger partial charge in [-0.05, 0) is 54.4 Å². The molecular weight excluding hydrogens is 387 g/mol. The molecule has 1 heterocycles. The molecule has 0 atom stereocenters. The van der Waals surface area contributed by atoms with Crippen molar-refractivity contribution >= 4 is 21.9 Å². The Morgan fingerprint density at radius 2 is 2.04 bits per heavy atom. The Morgan fingerprint density at radius 3 is 2.68 bits per heavy atom. The number of guanidine groups is 1. The summed E-state index contributed by atoms with van der Waals surface area (Å²) >= 11 is 3.17. The molecule has 0 radical (unpaired) electrons. The van der Waals surface area contributed by atoms with Gasteiger partial charge in [0, 0.05) is 31.7 Å². The predicted molar refractivity (Wildman–Crippen MR) is 103 cm³/mol. The van der Waals surface area contributed by atoms with Gasteiger partial charge in [-0.3, -0.25) is 4.90 Å². The van der Waals surface area contributed by atoms with Crippen molar-refractivity contribution in [2.24, 2.45) is 4.99 Å². The average Bonchev–Trinajstić information content (AvgIpc) is 2.61. The SMILES string of the molecule is CCNC(=NCc1ccc(Br)c(F)c1)NCC(C)(C)N1CCOCC1. The van der Waals surface area contributed by atoms with Crippen molar-refractivity contribution in [3.8, 4) is 0 Å². The lowest BCUT2D eigenvalue weighted by Gasteiger charge is -2.41. The molecule has 1 fully saturated rings. The minimum atomic E-state index is -0.265. The number of hydrogen-bond donors (Lipinski definition) is 2. The van der Waals surface area contributed by atoms with E-state index in [1.807, 2.05) is 13.0 Å². The van der Waals surface area contributed by atoms with E-state index in [2.05, 4.69) is 50.3 Å². The number of benzene rings is 1. The zero-order valence-corrected chi connectivity index (χ0v) is 16.8. The zero-order valence-electron chi connectivity index (χ0n) is 15.2. The molecule has 25 heavy (non-hydrogen) atoms. The molecule has 1 aromatic carbocycles. The van der Waals surface area contributed by atoms with Gasteiger partial charge in [-0.25, -0.2) is 9.38 Å². The van der Waals surface area contributed by atoms with Crippen molar-refractivity contribution in [2.45, 2.75) is 32.9 Å². The van der Waals surface area contributed by atoms with Gasteiger partial charge in [-0.2, -0.15) is 0 Å². The van der Waals surface area contributed by atoms with Gasteiger partial charge >= 0.3 is 0 Å². The van der Waals surface area contributed by atoms with E-state index >= 15 is 0 Å². The topological polar surface area (TPSA) is 48.9 Å². The van der Waals surface area contributed by atoms with Crippen LogP contribution in [0.15, 0.2) is 27.7 Å². The zero-order chi connectivity index (χ0) is 18.3. The minimum absolute atomic E-state index is 0.00366. The van der Waals surface area contributed by atoms with Crippen molar-refractivity contribution in [2.75, 3.05) is 39.4 Å². The maximum Gasteiger partial charge on any atom is 0.191 e. The van der Waals surface area contributed by atoms with Crippen LogP contribution >= 0.6 is 15.9 Å². The Morgan fingerprint density at radius 1 is 1.32 bits per heavy atom. The molecule has 1 aliphatic rings. The van der Waals surface area contributed by atoms with Gasteiger partial charge in [-0.15, -0.1) is 0 Å². The first-order chi connectivity index (χ1) is 11.9. The van der Waals surface area contributed by atoms with E-state index in [9.17, 15) is 4.39 Å². The Bertz CT molecular complexity index is 588. The summed E-state index contributed by atoms with van der Waals surface area (Å²) in [7, 11) is 0. The summed E-state index contributed by atoms with van der Waals surface area (Å²) in [5, 5.41) is 6.65. The van der Waals surface area contributed by atoms with Gasteiger partial charge < -0.3 is 15.4 Å². The molecule has 5 nitrogen and oxygen atoms in total. The van der Waals surface area contributed by atoms with Crippen LogP contribution in [0.3, 0.4) is 0 Å². The van der Waals surface area contributed by atoms with Crippen molar-refractivity contribution in [1.29, 1.82) is 0 Å². The molecule has 0 aromatic heterocycles. The maximum absolute atomic E-state index is 13.6. The van der Waals surface area contributed by atoms with Crippen LogP contribution in [-0.4, -0.2) is 55.8 Å². The largest absolute Gasteiger partial charge is 0.379 e. The molecule has 2 rings (SSSR count). The van der Waals surface area contributed by atoms with Gasteiger partial charge in [0.25, 0.3) is 0 Å². The van der Waals surface area contributed by atoms with Crippen LogP contribution < -0.4 is 10.6 Å². The summed E-state index contributed by atoms with van der Waals surface area (Å²) in [6, 6.07) is 5.09. The first kappa shape index (κ1) is 20.1. The van der Waals surface area contributed by atoms with Gasteiger partial charge in [0.1, 0.15) is 5.82 Å². The second-order valence-electron chi connectivity index (χ2n) is 6.71. The van der Waals surface area contributed by atoms with Gasteiger partial charge in [-0.1, -0.05) is 6.07 Å². The molecule has 1 aliphatic heterocycles. The highest BCUT2D eigenvalue weighted by Crippen LogP contribution is 2.17. The molecule has 0 bridgehead atoms. The Labute approximate surface area is 158 Å². The summed E-state index contributed by atoms with van der Waals surface area (Å²) in [6.07, 6.45) is 0. The standard InChI is InChI=1S/C18H28BrFN4O/c1-4-21-17(22-12-14-5-6-15(19)16(20)11-14)23-13-18(2,3)24-7-9-25-10-8-24/h5-6,11H,4,7-10,12-13H2,1-3H3,(H2,21,22,23). The predicted octanol–water partition coefficient (Wildman–Crippen LogP) is 2.75. The third kappa shape index (κ3) is 6.24. The van der Waals surface area contributed by atoms with Gasteiger partial charge in [0.15, 0.2) is 5.96 Å². The van der Waals surface area contributed by atoms with Crippen LogP contribution in [0.4, 0.5) is 4.39 Å². The molecule has 0 amide bonds. The highest BCUT2D eigenvalue weighted by atomic mass is 79.9. The number of morpholine rings is 1. The Hall–Kier alpha value is -1.18. The number of hydrogen-bond acceptors (Lipinski definition) is 3.